The summed E-state index contributed by atoms with van der Waals surface area (Å²) >= 11 is 0. The first-order valence-electron chi connectivity index (χ1n) is 10.7. The molecule has 1 aliphatic rings. The van der Waals surface area contributed by atoms with Crippen LogP contribution in [0.2, 0.25) is 0 Å². The van der Waals surface area contributed by atoms with Gasteiger partial charge in [0.25, 0.3) is 11.7 Å². The van der Waals surface area contributed by atoms with E-state index in [9.17, 15) is 19.8 Å². The second-order valence-electron chi connectivity index (χ2n) is 8.24. The molecule has 1 aliphatic heterocycles. The Hall–Kier alpha value is -4.06. The smallest absolute Gasteiger partial charge is 0.300 e. The summed E-state index contributed by atoms with van der Waals surface area (Å²) in [5.74, 6) is -1.17. The lowest BCUT2D eigenvalue weighted by molar-refractivity contribution is -0.132. The first-order valence-corrected chi connectivity index (χ1v) is 10.7. The molecule has 0 radical (unpaired) electrons. The molecule has 1 unspecified atom stereocenters. The Kier molecular flexibility index (Phi) is 5.92. The molecule has 0 aliphatic carbocycles. The first kappa shape index (κ1) is 22.1. The summed E-state index contributed by atoms with van der Waals surface area (Å²) in [6.07, 6.45) is -0.0639. The lowest BCUT2D eigenvalue weighted by Crippen LogP contribution is -2.30. The number of ketones is 1. The molecule has 1 atom stereocenters. The fourth-order valence-electron chi connectivity index (χ4n) is 4.03. The highest BCUT2D eigenvalue weighted by atomic mass is 16.5. The van der Waals surface area contributed by atoms with Crippen molar-refractivity contribution in [3.63, 3.8) is 0 Å². The Bertz CT molecular complexity index is 1240. The van der Waals surface area contributed by atoms with E-state index in [1.807, 2.05) is 32.9 Å². The van der Waals surface area contributed by atoms with E-state index in [0.717, 1.165) is 5.56 Å². The van der Waals surface area contributed by atoms with Crippen molar-refractivity contribution in [3.05, 3.63) is 95.1 Å². The van der Waals surface area contributed by atoms with Crippen LogP contribution < -0.4 is 9.64 Å². The van der Waals surface area contributed by atoms with Gasteiger partial charge >= 0.3 is 0 Å². The van der Waals surface area contributed by atoms with Crippen molar-refractivity contribution in [2.75, 3.05) is 4.90 Å². The third-order valence-corrected chi connectivity index (χ3v) is 5.51. The number of rotatable bonds is 5. The molecule has 1 heterocycles. The summed E-state index contributed by atoms with van der Waals surface area (Å²) in [4.78, 5) is 27.9. The molecule has 3 aromatic carbocycles. The van der Waals surface area contributed by atoms with Crippen LogP contribution in [0.4, 0.5) is 5.69 Å². The van der Waals surface area contributed by atoms with Crippen LogP contribution >= 0.6 is 0 Å². The van der Waals surface area contributed by atoms with Gasteiger partial charge in [-0.05, 0) is 62.2 Å². The number of carbonyl (C=O) groups is 2. The zero-order chi connectivity index (χ0) is 23.7. The number of aliphatic hydroxyl groups is 1. The summed E-state index contributed by atoms with van der Waals surface area (Å²) in [5, 5.41) is 21.0. The predicted octanol–water partition coefficient (Wildman–Crippen LogP) is 5.11. The number of aromatic hydroxyl groups is 1. The maximum absolute atomic E-state index is 13.2. The maximum atomic E-state index is 13.2. The average molecular weight is 443 g/mol. The highest BCUT2D eigenvalue weighted by Crippen LogP contribution is 2.43. The van der Waals surface area contributed by atoms with E-state index in [0.29, 0.717) is 22.6 Å². The van der Waals surface area contributed by atoms with E-state index in [-0.39, 0.29) is 23.2 Å². The molecule has 1 fully saturated rings. The maximum Gasteiger partial charge on any atom is 0.300 e. The van der Waals surface area contributed by atoms with Gasteiger partial charge in [0.1, 0.15) is 17.3 Å². The van der Waals surface area contributed by atoms with E-state index in [1.165, 1.54) is 17.0 Å². The Balaban J connectivity index is 1.92. The largest absolute Gasteiger partial charge is 0.508 e. The SMILES string of the molecule is Cc1ccccc1N1C(=O)C(=O)/C(=C(\O)c2cccc(OC(C)C)c2)C1c1ccc(O)cc1. The van der Waals surface area contributed by atoms with Gasteiger partial charge < -0.3 is 14.9 Å². The van der Waals surface area contributed by atoms with E-state index < -0.39 is 17.7 Å². The number of ether oxygens (including phenoxy) is 1. The number of anilines is 1. The summed E-state index contributed by atoms with van der Waals surface area (Å²) in [6.45, 7) is 5.64. The minimum Gasteiger partial charge on any atom is -0.508 e. The molecule has 3 aromatic rings. The molecule has 168 valence electrons. The number of phenols is 1. The second-order valence-corrected chi connectivity index (χ2v) is 8.24. The molecule has 6 nitrogen and oxygen atoms in total. The van der Waals surface area contributed by atoms with Crippen molar-refractivity contribution < 1.29 is 24.5 Å². The number of carbonyl (C=O) groups excluding carboxylic acids is 2. The molecule has 1 saturated heterocycles. The fraction of sp³-hybridized carbons (Fsp3) is 0.185. The quantitative estimate of drug-likeness (QED) is 0.325. The summed E-state index contributed by atoms with van der Waals surface area (Å²) in [6, 6.07) is 19.5. The molecule has 4 rings (SSSR count). The number of aryl methyl sites for hydroxylation is 1. The van der Waals surface area contributed by atoms with Crippen LogP contribution in [0.15, 0.2) is 78.4 Å². The van der Waals surface area contributed by atoms with E-state index >= 15 is 0 Å². The Labute approximate surface area is 192 Å². The molecular formula is C27H25NO5. The minimum atomic E-state index is -0.860. The van der Waals surface area contributed by atoms with Crippen LogP contribution in [0, 0.1) is 6.92 Å². The van der Waals surface area contributed by atoms with Crippen LogP contribution in [0.3, 0.4) is 0 Å². The predicted molar refractivity (Wildman–Crippen MR) is 126 cm³/mol. The Morgan fingerprint density at radius 1 is 0.970 bits per heavy atom. The lowest BCUT2D eigenvalue weighted by Gasteiger charge is -2.26. The number of aliphatic hydroxyl groups excluding tert-OH is 1. The first-order chi connectivity index (χ1) is 15.8. The number of hydrogen-bond donors (Lipinski definition) is 2. The molecule has 1 amide bonds. The monoisotopic (exact) mass is 443 g/mol. The lowest BCUT2D eigenvalue weighted by atomic mass is 9.94. The summed E-state index contributed by atoms with van der Waals surface area (Å²) < 4.78 is 5.72. The van der Waals surface area contributed by atoms with Crippen molar-refractivity contribution in [1.82, 2.24) is 0 Å². The Morgan fingerprint density at radius 3 is 2.33 bits per heavy atom. The van der Waals surface area contributed by atoms with Crippen LogP contribution in [0.5, 0.6) is 11.5 Å². The van der Waals surface area contributed by atoms with Gasteiger partial charge in [0.15, 0.2) is 0 Å². The van der Waals surface area contributed by atoms with Gasteiger partial charge in [0, 0.05) is 11.3 Å². The normalized spacial score (nSPS) is 17.6. The van der Waals surface area contributed by atoms with Crippen molar-refractivity contribution in [2.24, 2.45) is 0 Å². The molecule has 6 heteroatoms. The molecular weight excluding hydrogens is 418 g/mol. The Morgan fingerprint density at radius 2 is 1.67 bits per heavy atom. The van der Waals surface area contributed by atoms with Gasteiger partial charge in [-0.1, -0.05) is 42.5 Å². The van der Waals surface area contributed by atoms with Crippen molar-refractivity contribution in [3.8, 4) is 11.5 Å². The van der Waals surface area contributed by atoms with E-state index in [1.54, 1.807) is 48.5 Å². The zero-order valence-electron chi connectivity index (χ0n) is 18.6. The number of amides is 1. The van der Waals surface area contributed by atoms with Crippen LogP contribution in [-0.4, -0.2) is 28.0 Å². The van der Waals surface area contributed by atoms with E-state index in [4.69, 9.17) is 4.74 Å². The standard InChI is InChI=1S/C27H25NO5/c1-16(2)33-21-9-6-8-19(15-21)25(30)23-24(18-11-13-20(29)14-12-18)28(27(32)26(23)31)22-10-5-4-7-17(22)3/h4-16,24,29-30H,1-3H3/b25-23-. The topological polar surface area (TPSA) is 87.1 Å². The zero-order valence-corrected chi connectivity index (χ0v) is 18.6. The summed E-state index contributed by atoms with van der Waals surface area (Å²) in [5.41, 5.74) is 2.34. The number of para-hydroxylation sites is 1. The molecule has 0 bridgehead atoms. The number of benzene rings is 3. The third-order valence-electron chi connectivity index (χ3n) is 5.51. The van der Waals surface area contributed by atoms with Crippen molar-refractivity contribution in [1.29, 1.82) is 0 Å². The third kappa shape index (κ3) is 4.20. The highest BCUT2D eigenvalue weighted by Gasteiger charge is 2.47. The van der Waals surface area contributed by atoms with Crippen molar-refractivity contribution in [2.45, 2.75) is 32.9 Å². The second kappa shape index (κ2) is 8.82. The van der Waals surface area contributed by atoms with Gasteiger partial charge in [-0.3, -0.25) is 14.5 Å². The van der Waals surface area contributed by atoms with Crippen LogP contribution in [0.1, 0.15) is 36.6 Å². The van der Waals surface area contributed by atoms with Gasteiger partial charge in [-0.25, -0.2) is 0 Å². The van der Waals surface area contributed by atoms with Gasteiger partial charge in [-0.2, -0.15) is 0 Å². The fourth-order valence-corrected chi connectivity index (χ4v) is 4.03. The number of nitrogens with zero attached hydrogens (tertiary/aromatic N) is 1. The molecule has 2 N–H and O–H groups in total. The van der Waals surface area contributed by atoms with E-state index in [2.05, 4.69) is 0 Å². The van der Waals surface area contributed by atoms with Gasteiger partial charge in [0.2, 0.25) is 0 Å². The number of phenolic OH excluding ortho intramolecular Hbond substituents is 1. The summed E-state index contributed by atoms with van der Waals surface area (Å²) in [7, 11) is 0. The molecule has 33 heavy (non-hydrogen) atoms. The van der Waals surface area contributed by atoms with Crippen molar-refractivity contribution >= 4 is 23.1 Å². The van der Waals surface area contributed by atoms with Gasteiger partial charge in [0.05, 0.1) is 17.7 Å². The van der Waals surface area contributed by atoms with Crippen LogP contribution in [-0.2, 0) is 9.59 Å². The molecule has 0 spiro atoms. The number of Topliss-reactive ketones (excluding diaryl/α,β-unsaturated/α-hetero) is 1. The average Bonchev–Trinajstić information content (AvgIpc) is 3.04. The minimum absolute atomic E-state index is 0.0179. The number of hydrogen-bond acceptors (Lipinski definition) is 5. The van der Waals surface area contributed by atoms with Gasteiger partial charge in [-0.15, -0.1) is 0 Å². The molecule has 0 saturated carbocycles. The van der Waals surface area contributed by atoms with Crippen LogP contribution in [0.25, 0.3) is 5.76 Å². The molecule has 0 aromatic heterocycles. The highest BCUT2D eigenvalue weighted by molar-refractivity contribution is 6.51.